The highest BCUT2D eigenvalue weighted by Crippen LogP contribution is 2.37. The van der Waals surface area contributed by atoms with Crippen molar-refractivity contribution in [3.8, 4) is 27.7 Å². The first-order valence-corrected chi connectivity index (χ1v) is 9.84. The monoisotopic (exact) mass is 395 g/mol. The fourth-order valence-corrected chi connectivity index (χ4v) is 4.07. The first-order valence-electron chi connectivity index (χ1n) is 9.02. The summed E-state index contributed by atoms with van der Waals surface area (Å²) in [6.45, 7) is 1.67. The third-order valence-corrected chi connectivity index (χ3v) is 5.69. The molecule has 1 amide bonds. The molecule has 1 aliphatic rings. The second-order valence-electron chi connectivity index (χ2n) is 6.53. The summed E-state index contributed by atoms with van der Waals surface area (Å²) in [5.41, 5.74) is 2.08. The molecule has 0 saturated heterocycles. The Bertz CT molecular complexity index is 980. The van der Waals surface area contributed by atoms with E-state index in [0.717, 1.165) is 33.3 Å². The van der Waals surface area contributed by atoms with E-state index in [0.29, 0.717) is 24.6 Å². The quantitative estimate of drug-likeness (QED) is 0.640. The van der Waals surface area contributed by atoms with Crippen molar-refractivity contribution in [2.45, 2.75) is 6.54 Å². The second-order valence-corrected chi connectivity index (χ2v) is 7.62. The van der Waals surface area contributed by atoms with E-state index in [9.17, 15) is 4.79 Å². The molecule has 6 heteroatoms. The van der Waals surface area contributed by atoms with Crippen LogP contribution in [0.1, 0.15) is 15.2 Å². The molecule has 0 aliphatic carbocycles. The smallest absolute Gasteiger partial charge is 0.263 e. The van der Waals surface area contributed by atoms with Crippen molar-refractivity contribution in [2.24, 2.45) is 0 Å². The summed E-state index contributed by atoms with van der Waals surface area (Å²) in [5.74, 6) is 2.33. The maximum absolute atomic E-state index is 12.8. The molecule has 0 unspecified atom stereocenters. The van der Waals surface area contributed by atoms with Gasteiger partial charge < -0.3 is 19.1 Å². The zero-order valence-electron chi connectivity index (χ0n) is 15.8. The molecule has 4 rings (SSSR count). The molecule has 144 valence electrons. The van der Waals surface area contributed by atoms with Gasteiger partial charge >= 0.3 is 0 Å². The van der Waals surface area contributed by atoms with Crippen molar-refractivity contribution in [2.75, 3.05) is 27.4 Å². The number of thiophene rings is 1. The van der Waals surface area contributed by atoms with Crippen molar-refractivity contribution in [3.05, 3.63) is 65.0 Å². The molecule has 28 heavy (non-hydrogen) atoms. The van der Waals surface area contributed by atoms with Crippen molar-refractivity contribution >= 4 is 17.2 Å². The van der Waals surface area contributed by atoms with E-state index in [4.69, 9.17) is 14.2 Å². The normalized spacial score (nSPS) is 12.5. The summed E-state index contributed by atoms with van der Waals surface area (Å²) in [5, 5.41) is 0. The molecular formula is C22H21NO4S. The molecule has 2 aromatic carbocycles. The van der Waals surface area contributed by atoms with Gasteiger partial charge in [0.25, 0.3) is 5.91 Å². The molecule has 3 aromatic rings. The van der Waals surface area contributed by atoms with Crippen LogP contribution >= 0.6 is 11.3 Å². The van der Waals surface area contributed by atoms with Crippen molar-refractivity contribution in [3.63, 3.8) is 0 Å². The predicted octanol–water partition coefficient (Wildman–Crippen LogP) is 4.47. The second kappa shape index (κ2) is 7.94. The van der Waals surface area contributed by atoms with Gasteiger partial charge in [-0.3, -0.25) is 4.79 Å². The largest absolute Gasteiger partial charge is 0.497 e. The third-order valence-electron chi connectivity index (χ3n) is 4.57. The maximum Gasteiger partial charge on any atom is 0.263 e. The van der Waals surface area contributed by atoms with E-state index in [-0.39, 0.29) is 5.91 Å². The minimum Gasteiger partial charge on any atom is -0.497 e. The highest BCUT2D eigenvalue weighted by molar-refractivity contribution is 7.17. The van der Waals surface area contributed by atoms with Gasteiger partial charge in [0.1, 0.15) is 19.0 Å². The lowest BCUT2D eigenvalue weighted by Gasteiger charge is -2.18. The Morgan fingerprint density at radius 1 is 1.04 bits per heavy atom. The molecule has 0 radical (unpaired) electrons. The van der Waals surface area contributed by atoms with Gasteiger partial charge in [0.05, 0.1) is 12.0 Å². The van der Waals surface area contributed by atoms with Gasteiger partial charge in [0, 0.05) is 18.5 Å². The number of carbonyl (C=O) groups is 1. The molecule has 0 fully saturated rings. The Hall–Kier alpha value is -2.99. The van der Waals surface area contributed by atoms with Crippen LogP contribution in [-0.4, -0.2) is 38.2 Å². The minimum absolute atomic E-state index is 0.00427. The van der Waals surface area contributed by atoms with Crippen LogP contribution in [0.2, 0.25) is 0 Å². The standard InChI is InChI=1S/C22H21NO4S/c1-23(14-15-3-6-17(25-2)7-4-15)22(24)21-10-9-20(28-21)16-5-8-18-19(13-16)27-12-11-26-18/h3-10,13H,11-12,14H2,1-2H3. The minimum atomic E-state index is 0.00427. The van der Waals surface area contributed by atoms with Gasteiger partial charge in [-0.2, -0.15) is 0 Å². The first kappa shape index (κ1) is 18.4. The van der Waals surface area contributed by atoms with Crippen LogP contribution in [0.4, 0.5) is 0 Å². The van der Waals surface area contributed by atoms with Gasteiger partial charge in [0.15, 0.2) is 11.5 Å². The number of ether oxygens (including phenoxy) is 3. The lowest BCUT2D eigenvalue weighted by molar-refractivity contribution is 0.0790. The van der Waals surface area contributed by atoms with Crippen molar-refractivity contribution < 1.29 is 19.0 Å². The van der Waals surface area contributed by atoms with E-state index in [2.05, 4.69) is 0 Å². The SMILES string of the molecule is COc1ccc(CN(C)C(=O)c2ccc(-c3ccc4c(c3)OCCO4)s2)cc1. The molecule has 5 nitrogen and oxygen atoms in total. The number of benzene rings is 2. The molecule has 0 atom stereocenters. The van der Waals surface area contributed by atoms with Gasteiger partial charge in [-0.15, -0.1) is 11.3 Å². The Balaban J connectivity index is 1.47. The number of hydrogen-bond acceptors (Lipinski definition) is 5. The van der Waals surface area contributed by atoms with Crippen LogP contribution in [0.15, 0.2) is 54.6 Å². The van der Waals surface area contributed by atoms with Gasteiger partial charge in [-0.1, -0.05) is 12.1 Å². The number of amides is 1. The number of fused-ring (bicyclic) bond motifs is 1. The lowest BCUT2D eigenvalue weighted by Crippen LogP contribution is -2.25. The highest BCUT2D eigenvalue weighted by atomic mass is 32.1. The Morgan fingerprint density at radius 3 is 2.54 bits per heavy atom. The number of carbonyl (C=O) groups excluding carboxylic acids is 1. The molecule has 0 bridgehead atoms. The van der Waals surface area contributed by atoms with E-state index in [1.165, 1.54) is 11.3 Å². The number of methoxy groups -OCH3 is 1. The molecule has 0 spiro atoms. The predicted molar refractivity (Wildman–Crippen MR) is 110 cm³/mol. The Kier molecular flexibility index (Phi) is 5.21. The molecule has 2 heterocycles. The van der Waals surface area contributed by atoms with E-state index >= 15 is 0 Å². The first-order chi connectivity index (χ1) is 13.6. The summed E-state index contributed by atoms with van der Waals surface area (Å²) in [4.78, 5) is 16.3. The van der Waals surface area contributed by atoms with Crippen molar-refractivity contribution in [1.82, 2.24) is 4.90 Å². The zero-order chi connectivity index (χ0) is 19.5. The summed E-state index contributed by atoms with van der Waals surface area (Å²) in [7, 11) is 3.46. The number of rotatable bonds is 5. The maximum atomic E-state index is 12.8. The Morgan fingerprint density at radius 2 is 1.79 bits per heavy atom. The summed E-state index contributed by atoms with van der Waals surface area (Å²) in [6, 6.07) is 17.5. The van der Waals surface area contributed by atoms with E-state index in [1.54, 1.807) is 12.0 Å². The van der Waals surface area contributed by atoms with Crippen LogP contribution in [0.5, 0.6) is 17.2 Å². The fraction of sp³-hybridized carbons (Fsp3) is 0.227. The molecular weight excluding hydrogens is 374 g/mol. The van der Waals surface area contributed by atoms with Crippen LogP contribution in [-0.2, 0) is 6.54 Å². The summed E-state index contributed by atoms with van der Waals surface area (Å²) < 4.78 is 16.4. The van der Waals surface area contributed by atoms with Crippen LogP contribution in [0.3, 0.4) is 0 Å². The third kappa shape index (κ3) is 3.82. The molecule has 0 N–H and O–H groups in total. The average Bonchev–Trinajstić information content (AvgIpc) is 3.23. The number of hydrogen-bond donors (Lipinski definition) is 0. The van der Waals surface area contributed by atoms with Crippen molar-refractivity contribution in [1.29, 1.82) is 0 Å². The summed E-state index contributed by atoms with van der Waals surface area (Å²) >= 11 is 1.48. The van der Waals surface area contributed by atoms with Crippen LogP contribution < -0.4 is 14.2 Å². The lowest BCUT2D eigenvalue weighted by atomic mass is 10.1. The zero-order valence-corrected chi connectivity index (χ0v) is 16.6. The van der Waals surface area contributed by atoms with Crippen LogP contribution in [0.25, 0.3) is 10.4 Å². The molecule has 0 saturated carbocycles. The average molecular weight is 395 g/mol. The number of nitrogens with zero attached hydrogens (tertiary/aromatic N) is 1. The molecule has 1 aliphatic heterocycles. The van der Waals surface area contributed by atoms with Gasteiger partial charge in [0.2, 0.25) is 0 Å². The fourth-order valence-electron chi connectivity index (χ4n) is 3.07. The van der Waals surface area contributed by atoms with Gasteiger partial charge in [-0.05, 0) is 53.6 Å². The summed E-state index contributed by atoms with van der Waals surface area (Å²) in [6.07, 6.45) is 0. The van der Waals surface area contributed by atoms with Crippen LogP contribution in [0, 0.1) is 0 Å². The Labute approximate surface area is 168 Å². The highest BCUT2D eigenvalue weighted by Gasteiger charge is 2.17. The van der Waals surface area contributed by atoms with E-state index < -0.39 is 0 Å². The molecule has 1 aromatic heterocycles. The van der Waals surface area contributed by atoms with Gasteiger partial charge in [-0.25, -0.2) is 0 Å². The topological polar surface area (TPSA) is 48.0 Å². The van der Waals surface area contributed by atoms with E-state index in [1.807, 2.05) is 61.6 Å².